The first-order valence-corrected chi connectivity index (χ1v) is 9.04. The first-order valence-electron chi connectivity index (χ1n) is 9.04. The Hall–Kier alpha value is -3.73. The van der Waals surface area contributed by atoms with Crippen molar-refractivity contribution in [1.29, 1.82) is 0 Å². The van der Waals surface area contributed by atoms with Gasteiger partial charge in [0.1, 0.15) is 0 Å². The van der Waals surface area contributed by atoms with Crippen LogP contribution in [-0.2, 0) is 7.05 Å². The van der Waals surface area contributed by atoms with Crippen molar-refractivity contribution < 1.29 is 4.79 Å². The molecule has 0 bridgehead atoms. The molecule has 28 heavy (non-hydrogen) atoms. The molecule has 4 rings (SSSR count). The molecule has 0 aliphatic carbocycles. The van der Waals surface area contributed by atoms with Crippen LogP contribution in [0.5, 0.6) is 0 Å². The van der Waals surface area contributed by atoms with Crippen LogP contribution in [0.25, 0.3) is 22.2 Å². The van der Waals surface area contributed by atoms with Crippen molar-refractivity contribution in [3.05, 3.63) is 89.7 Å². The third-order valence-corrected chi connectivity index (χ3v) is 4.73. The Labute approximate surface area is 163 Å². The average Bonchev–Trinajstić information content (AvgIpc) is 3.12. The molecule has 2 aromatic heterocycles. The molecule has 0 aliphatic heterocycles. The van der Waals surface area contributed by atoms with Gasteiger partial charge in [0.25, 0.3) is 5.91 Å². The predicted octanol–water partition coefficient (Wildman–Crippen LogP) is 4.31. The molecule has 0 saturated heterocycles. The lowest BCUT2D eigenvalue weighted by molar-refractivity contribution is 0.0956. The molecule has 0 radical (unpaired) electrons. The van der Waals surface area contributed by atoms with E-state index in [0.717, 1.165) is 33.4 Å². The van der Waals surface area contributed by atoms with Gasteiger partial charge in [-0.2, -0.15) is 5.10 Å². The van der Waals surface area contributed by atoms with E-state index in [0.29, 0.717) is 5.56 Å². The maximum atomic E-state index is 12.9. The Morgan fingerprint density at radius 2 is 1.86 bits per heavy atom. The number of hydrazone groups is 1. The van der Waals surface area contributed by atoms with Gasteiger partial charge in [-0.25, -0.2) is 10.4 Å². The molecular weight excluding hydrogens is 348 g/mol. The minimum absolute atomic E-state index is 0.265. The second-order valence-corrected chi connectivity index (χ2v) is 6.63. The number of amides is 1. The van der Waals surface area contributed by atoms with Crippen LogP contribution in [0, 0.1) is 6.92 Å². The summed E-state index contributed by atoms with van der Waals surface area (Å²) >= 11 is 0. The van der Waals surface area contributed by atoms with Crippen LogP contribution in [0.3, 0.4) is 0 Å². The van der Waals surface area contributed by atoms with Crippen molar-refractivity contribution in [2.45, 2.75) is 6.92 Å². The molecule has 0 spiro atoms. The van der Waals surface area contributed by atoms with Gasteiger partial charge >= 0.3 is 0 Å². The number of pyridine rings is 1. The Kier molecular flexibility index (Phi) is 4.72. The lowest BCUT2D eigenvalue weighted by Gasteiger charge is -2.10. The van der Waals surface area contributed by atoms with Crippen LogP contribution in [0.15, 0.2) is 78.0 Å². The number of nitrogens with zero attached hydrogens (tertiary/aromatic N) is 3. The number of carbonyl (C=O) groups excluding carboxylic acids is 1. The highest BCUT2D eigenvalue weighted by Gasteiger charge is 2.14. The summed E-state index contributed by atoms with van der Waals surface area (Å²) in [6, 6.07) is 21.3. The minimum Gasteiger partial charge on any atom is -0.350 e. The number of aromatic nitrogens is 2. The SMILES string of the molecule is Cc1ccccc1-c1cc(C(=O)N/N=C\c2cccn2C)c2ccccc2n1. The Bertz CT molecular complexity index is 1190. The summed E-state index contributed by atoms with van der Waals surface area (Å²) in [4.78, 5) is 17.6. The van der Waals surface area contributed by atoms with Gasteiger partial charge in [-0.3, -0.25) is 4.79 Å². The monoisotopic (exact) mass is 368 g/mol. The van der Waals surface area contributed by atoms with Crippen molar-refractivity contribution in [2.75, 3.05) is 0 Å². The highest BCUT2D eigenvalue weighted by molar-refractivity contribution is 6.07. The Morgan fingerprint density at radius 1 is 1.07 bits per heavy atom. The zero-order valence-electron chi connectivity index (χ0n) is 15.8. The Balaban J connectivity index is 1.73. The van der Waals surface area contributed by atoms with E-state index in [1.165, 1.54) is 0 Å². The predicted molar refractivity (Wildman–Crippen MR) is 112 cm³/mol. The van der Waals surface area contributed by atoms with E-state index in [1.54, 1.807) is 6.21 Å². The van der Waals surface area contributed by atoms with Crippen LogP contribution in [0.4, 0.5) is 0 Å². The van der Waals surface area contributed by atoms with Crippen molar-refractivity contribution in [3.63, 3.8) is 0 Å². The summed E-state index contributed by atoms with van der Waals surface area (Å²) < 4.78 is 1.92. The lowest BCUT2D eigenvalue weighted by atomic mass is 10.0. The first-order chi connectivity index (χ1) is 13.6. The fraction of sp³-hybridized carbons (Fsp3) is 0.0870. The molecule has 1 N–H and O–H groups in total. The third kappa shape index (κ3) is 3.42. The topological polar surface area (TPSA) is 59.3 Å². The average molecular weight is 368 g/mol. The quantitative estimate of drug-likeness (QED) is 0.431. The Morgan fingerprint density at radius 3 is 2.64 bits per heavy atom. The fourth-order valence-corrected chi connectivity index (χ4v) is 3.19. The molecular formula is C23H20N4O. The van der Waals surface area contributed by atoms with Crippen LogP contribution in [0.2, 0.25) is 0 Å². The zero-order chi connectivity index (χ0) is 19.5. The zero-order valence-corrected chi connectivity index (χ0v) is 15.8. The number of carbonyl (C=O) groups is 1. The molecule has 4 aromatic rings. The van der Waals surface area contributed by atoms with Gasteiger partial charge in [0.15, 0.2) is 0 Å². The minimum atomic E-state index is -0.265. The summed E-state index contributed by atoms with van der Waals surface area (Å²) in [6.07, 6.45) is 3.55. The summed E-state index contributed by atoms with van der Waals surface area (Å²) in [6.45, 7) is 2.04. The van der Waals surface area contributed by atoms with Crippen molar-refractivity contribution in [1.82, 2.24) is 15.0 Å². The molecule has 138 valence electrons. The number of aryl methyl sites for hydroxylation is 2. The van der Waals surface area contributed by atoms with E-state index in [1.807, 2.05) is 91.5 Å². The van der Waals surface area contributed by atoms with E-state index >= 15 is 0 Å². The second-order valence-electron chi connectivity index (χ2n) is 6.63. The largest absolute Gasteiger partial charge is 0.350 e. The summed E-state index contributed by atoms with van der Waals surface area (Å²) in [7, 11) is 1.92. The molecule has 0 unspecified atom stereocenters. The number of hydrogen-bond donors (Lipinski definition) is 1. The molecule has 0 saturated carbocycles. The number of hydrogen-bond acceptors (Lipinski definition) is 3. The maximum absolute atomic E-state index is 12.9. The molecule has 1 amide bonds. The summed E-state index contributed by atoms with van der Waals surface area (Å²) in [5.74, 6) is -0.265. The van der Waals surface area contributed by atoms with Crippen LogP contribution < -0.4 is 5.43 Å². The van der Waals surface area contributed by atoms with E-state index in [-0.39, 0.29) is 5.91 Å². The normalized spacial score (nSPS) is 11.2. The van der Waals surface area contributed by atoms with Crippen molar-refractivity contribution in [3.8, 4) is 11.3 Å². The molecule has 5 heteroatoms. The van der Waals surface area contributed by atoms with Gasteiger partial charge in [0, 0.05) is 24.2 Å². The lowest BCUT2D eigenvalue weighted by Crippen LogP contribution is -2.18. The number of rotatable bonds is 4. The summed E-state index contributed by atoms with van der Waals surface area (Å²) in [5.41, 5.74) is 7.76. The maximum Gasteiger partial charge on any atom is 0.272 e. The highest BCUT2D eigenvalue weighted by atomic mass is 16.2. The van der Waals surface area contributed by atoms with E-state index in [4.69, 9.17) is 4.98 Å². The van der Waals surface area contributed by atoms with Gasteiger partial charge in [-0.05, 0) is 36.8 Å². The number of para-hydroxylation sites is 1. The second kappa shape index (κ2) is 7.48. The molecule has 0 fully saturated rings. The number of benzene rings is 2. The van der Waals surface area contributed by atoms with E-state index < -0.39 is 0 Å². The van der Waals surface area contributed by atoms with E-state index in [9.17, 15) is 4.79 Å². The molecule has 0 aliphatic rings. The molecule has 0 atom stereocenters. The molecule has 2 heterocycles. The molecule has 5 nitrogen and oxygen atoms in total. The fourth-order valence-electron chi connectivity index (χ4n) is 3.19. The van der Waals surface area contributed by atoms with Gasteiger partial charge in [0.2, 0.25) is 0 Å². The number of nitrogens with one attached hydrogen (secondary N) is 1. The molecule has 2 aromatic carbocycles. The van der Waals surface area contributed by atoms with Gasteiger partial charge in [0.05, 0.1) is 28.7 Å². The van der Waals surface area contributed by atoms with Gasteiger partial charge < -0.3 is 4.57 Å². The summed E-state index contributed by atoms with van der Waals surface area (Å²) in [5, 5.41) is 4.91. The first kappa shape index (κ1) is 17.7. The van der Waals surface area contributed by atoms with Gasteiger partial charge in [-0.1, -0.05) is 42.5 Å². The number of fused-ring (bicyclic) bond motifs is 1. The van der Waals surface area contributed by atoms with Crippen LogP contribution in [0.1, 0.15) is 21.6 Å². The van der Waals surface area contributed by atoms with Gasteiger partial charge in [-0.15, -0.1) is 0 Å². The van der Waals surface area contributed by atoms with Crippen molar-refractivity contribution in [2.24, 2.45) is 12.1 Å². The van der Waals surface area contributed by atoms with E-state index in [2.05, 4.69) is 10.5 Å². The van der Waals surface area contributed by atoms with Crippen molar-refractivity contribution >= 4 is 23.0 Å². The standard InChI is InChI=1S/C23H20N4O/c1-16-8-3-4-10-18(16)22-14-20(19-11-5-6-12-21(19)25-22)23(28)26-24-15-17-9-7-13-27(17)2/h3-15H,1-2H3,(H,26,28)/b24-15-. The third-order valence-electron chi connectivity index (χ3n) is 4.73. The van der Waals surface area contributed by atoms with Crippen LogP contribution in [-0.4, -0.2) is 21.7 Å². The van der Waals surface area contributed by atoms with Crippen LogP contribution >= 0.6 is 0 Å². The highest BCUT2D eigenvalue weighted by Crippen LogP contribution is 2.26. The smallest absolute Gasteiger partial charge is 0.272 e.